The third-order valence-corrected chi connectivity index (χ3v) is 2.66. The number of likely N-dealkylation sites (N-methyl/N-ethyl adjacent to an activating group) is 1. The first kappa shape index (κ1) is 9.71. The number of nitrogens with zero attached hydrogens (tertiary/aromatic N) is 1. The van der Waals surface area contributed by atoms with E-state index < -0.39 is 0 Å². The molecule has 0 spiro atoms. The highest BCUT2D eigenvalue weighted by Crippen LogP contribution is 2.22. The van der Waals surface area contributed by atoms with Crippen LogP contribution in [0.5, 0.6) is 0 Å². The fourth-order valence-corrected chi connectivity index (χ4v) is 1.94. The molecule has 0 saturated carbocycles. The topological polar surface area (TPSA) is 23.5 Å². The van der Waals surface area contributed by atoms with Crippen LogP contribution in [-0.2, 0) is 0 Å². The summed E-state index contributed by atoms with van der Waals surface area (Å²) < 4.78 is 0. The van der Waals surface area contributed by atoms with Crippen LogP contribution in [0.3, 0.4) is 0 Å². The van der Waals surface area contributed by atoms with Crippen molar-refractivity contribution in [2.24, 2.45) is 0 Å². The molecule has 68 valence electrons. The van der Waals surface area contributed by atoms with Gasteiger partial charge in [0, 0.05) is 11.4 Å². The van der Waals surface area contributed by atoms with E-state index in [0.29, 0.717) is 6.54 Å². The maximum Gasteiger partial charge on any atom is 0.0927 e. The minimum atomic E-state index is -0.341. The highest BCUT2D eigenvalue weighted by Gasteiger charge is 2.11. The van der Waals surface area contributed by atoms with Gasteiger partial charge in [-0.15, -0.1) is 11.3 Å². The molecule has 1 N–H and O–H groups in total. The predicted molar refractivity (Wildman–Crippen MR) is 52.6 cm³/mol. The maximum absolute atomic E-state index is 9.73. The van der Waals surface area contributed by atoms with Crippen LogP contribution in [0.2, 0.25) is 0 Å². The normalized spacial score (nSPS) is 13.8. The van der Waals surface area contributed by atoms with Gasteiger partial charge in [0.25, 0.3) is 0 Å². The lowest BCUT2D eigenvalue weighted by Gasteiger charge is -2.15. The molecule has 0 radical (unpaired) electrons. The van der Waals surface area contributed by atoms with Gasteiger partial charge < -0.3 is 10.0 Å². The summed E-state index contributed by atoms with van der Waals surface area (Å²) in [4.78, 5) is 3.20. The monoisotopic (exact) mass is 185 g/mol. The van der Waals surface area contributed by atoms with Gasteiger partial charge in [-0.2, -0.15) is 0 Å². The average Bonchev–Trinajstić information content (AvgIpc) is 2.33. The van der Waals surface area contributed by atoms with E-state index in [9.17, 15) is 5.11 Å². The van der Waals surface area contributed by atoms with Gasteiger partial charge >= 0.3 is 0 Å². The molecule has 2 nitrogen and oxygen atoms in total. The minimum absolute atomic E-state index is 0.341. The Balaban J connectivity index is 2.65. The zero-order valence-electron chi connectivity index (χ0n) is 7.74. The van der Waals surface area contributed by atoms with Crippen molar-refractivity contribution in [2.75, 3.05) is 20.6 Å². The van der Waals surface area contributed by atoms with E-state index in [4.69, 9.17) is 0 Å². The number of thiophene rings is 1. The van der Waals surface area contributed by atoms with E-state index in [1.807, 2.05) is 37.4 Å². The summed E-state index contributed by atoms with van der Waals surface area (Å²) in [6, 6.07) is 1.99. The first-order valence-electron chi connectivity index (χ1n) is 3.98. The van der Waals surface area contributed by atoms with Crippen LogP contribution in [0.1, 0.15) is 16.5 Å². The van der Waals surface area contributed by atoms with Gasteiger partial charge in [-0.1, -0.05) is 0 Å². The highest BCUT2D eigenvalue weighted by atomic mass is 32.1. The Morgan fingerprint density at radius 2 is 2.25 bits per heavy atom. The van der Waals surface area contributed by atoms with E-state index in [1.54, 1.807) is 11.3 Å². The Morgan fingerprint density at radius 3 is 2.67 bits per heavy atom. The molecule has 1 atom stereocenters. The Bertz CT molecular complexity index is 244. The lowest BCUT2D eigenvalue weighted by molar-refractivity contribution is 0.138. The predicted octanol–water partition coefficient (Wildman–Crippen LogP) is 1.65. The molecule has 12 heavy (non-hydrogen) atoms. The van der Waals surface area contributed by atoms with Gasteiger partial charge in [-0.3, -0.25) is 0 Å². The van der Waals surface area contributed by atoms with Crippen LogP contribution in [0.15, 0.2) is 11.4 Å². The molecule has 0 bridgehead atoms. The van der Waals surface area contributed by atoms with Gasteiger partial charge in [0.1, 0.15) is 0 Å². The lowest BCUT2D eigenvalue weighted by atomic mass is 10.1. The second kappa shape index (κ2) is 4.03. The van der Waals surface area contributed by atoms with Crippen molar-refractivity contribution in [1.29, 1.82) is 0 Å². The van der Waals surface area contributed by atoms with Gasteiger partial charge in [0.05, 0.1) is 6.10 Å². The van der Waals surface area contributed by atoms with Gasteiger partial charge in [0.15, 0.2) is 0 Å². The minimum Gasteiger partial charge on any atom is -0.387 e. The fraction of sp³-hybridized carbons (Fsp3) is 0.556. The molecule has 1 aromatic rings. The van der Waals surface area contributed by atoms with Crippen molar-refractivity contribution in [3.63, 3.8) is 0 Å². The van der Waals surface area contributed by atoms with E-state index in [-0.39, 0.29) is 6.10 Å². The molecular weight excluding hydrogens is 170 g/mol. The molecule has 0 fully saturated rings. The van der Waals surface area contributed by atoms with E-state index >= 15 is 0 Å². The summed E-state index contributed by atoms with van der Waals surface area (Å²) in [6.07, 6.45) is -0.341. The van der Waals surface area contributed by atoms with E-state index in [1.165, 1.54) is 4.88 Å². The quantitative estimate of drug-likeness (QED) is 0.774. The van der Waals surface area contributed by atoms with Crippen LogP contribution in [0.25, 0.3) is 0 Å². The van der Waals surface area contributed by atoms with Crippen LogP contribution in [0, 0.1) is 6.92 Å². The van der Waals surface area contributed by atoms with E-state index in [2.05, 4.69) is 0 Å². The Hall–Kier alpha value is -0.380. The summed E-state index contributed by atoms with van der Waals surface area (Å²) in [7, 11) is 3.93. The number of aliphatic hydroxyl groups excluding tert-OH is 1. The van der Waals surface area contributed by atoms with Crippen LogP contribution in [0.4, 0.5) is 0 Å². The van der Waals surface area contributed by atoms with Crippen LogP contribution < -0.4 is 0 Å². The largest absolute Gasteiger partial charge is 0.387 e. The van der Waals surface area contributed by atoms with Crippen LogP contribution in [-0.4, -0.2) is 30.6 Å². The van der Waals surface area contributed by atoms with Crippen molar-refractivity contribution in [2.45, 2.75) is 13.0 Å². The van der Waals surface area contributed by atoms with Crippen LogP contribution >= 0.6 is 11.3 Å². The first-order chi connectivity index (χ1) is 5.61. The van der Waals surface area contributed by atoms with E-state index in [0.717, 1.165) is 5.56 Å². The summed E-state index contributed by atoms with van der Waals surface area (Å²) in [6.45, 7) is 2.73. The highest BCUT2D eigenvalue weighted by molar-refractivity contribution is 7.10. The molecule has 0 aromatic carbocycles. The smallest absolute Gasteiger partial charge is 0.0927 e. The molecule has 0 saturated heterocycles. The summed E-state index contributed by atoms with van der Waals surface area (Å²) in [5, 5.41) is 11.7. The third kappa shape index (κ3) is 2.30. The number of hydrogen-bond donors (Lipinski definition) is 1. The Kier molecular flexibility index (Phi) is 3.26. The zero-order chi connectivity index (χ0) is 9.14. The van der Waals surface area contributed by atoms with Crippen molar-refractivity contribution in [3.05, 3.63) is 21.9 Å². The number of hydrogen-bond acceptors (Lipinski definition) is 3. The molecule has 0 aliphatic carbocycles. The molecule has 1 aromatic heterocycles. The van der Waals surface area contributed by atoms with Crippen molar-refractivity contribution in [1.82, 2.24) is 4.90 Å². The van der Waals surface area contributed by atoms with Gasteiger partial charge in [-0.05, 0) is 38.0 Å². The summed E-state index contributed by atoms with van der Waals surface area (Å²) >= 11 is 1.68. The molecule has 3 heteroatoms. The fourth-order valence-electron chi connectivity index (χ4n) is 1.18. The summed E-state index contributed by atoms with van der Waals surface area (Å²) in [5.41, 5.74) is 1.06. The lowest BCUT2D eigenvalue weighted by Crippen LogP contribution is -2.20. The SMILES string of the molecule is Cc1sccc1C(O)CN(C)C. The standard InChI is InChI=1S/C9H15NOS/c1-7-8(4-5-12-7)9(11)6-10(2)3/h4-5,9,11H,6H2,1-3H3. The molecule has 0 amide bonds. The number of rotatable bonds is 3. The number of aliphatic hydroxyl groups is 1. The van der Waals surface area contributed by atoms with Crippen molar-refractivity contribution < 1.29 is 5.11 Å². The maximum atomic E-state index is 9.73. The molecule has 1 unspecified atom stereocenters. The van der Waals surface area contributed by atoms with Gasteiger partial charge in [-0.25, -0.2) is 0 Å². The third-order valence-electron chi connectivity index (χ3n) is 1.80. The molecule has 0 aliphatic rings. The second-order valence-electron chi connectivity index (χ2n) is 3.21. The second-order valence-corrected chi connectivity index (χ2v) is 4.33. The molecule has 1 rings (SSSR count). The zero-order valence-corrected chi connectivity index (χ0v) is 8.56. The molecule has 0 aliphatic heterocycles. The molecule has 1 heterocycles. The first-order valence-corrected chi connectivity index (χ1v) is 4.86. The molecular formula is C9H15NOS. The Morgan fingerprint density at radius 1 is 1.58 bits per heavy atom. The average molecular weight is 185 g/mol. The van der Waals surface area contributed by atoms with Gasteiger partial charge in [0.2, 0.25) is 0 Å². The number of aryl methyl sites for hydroxylation is 1. The van der Waals surface area contributed by atoms with Crippen molar-refractivity contribution >= 4 is 11.3 Å². The summed E-state index contributed by atoms with van der Waals surface area (Å²) in [5.74, 6) is 0. The van der Waals surface area contributed by atoms with Crippen molar-refractivity contribution in [3.8, 4) is 0 Å². The Labute approximate surface area is 77.5 Å².